The number of hydrogen-bond donors (Lipinski definition) is 0. The predicted octanol–water partition coefficient (Wildman–Crippen LogP) is 5.80. The van der Waals surface area contributed by atoms with Crippen LogP contribution in [0.4, 0.5) is 4.79 Å². The number of esters is 1. The first-order valence-corrected chi connectivity index (χ1v) is 10.8. The molecule has 0 aliphatic carbocycles. The van der Waals surface area contributed by atoms with Gasteiger partial charge >= 0.3 is 12.1 Å². The van der Waals surface area contributed by atoms with Gasteiger partial charge in [-0.1, -0.05) is 12.1 Å². The van der Waals surface area contributed by atoms with Gasteiger partial charge in [0.05, 0.1) is 19.4 Å². The quantitative estimate of drug-likeness (QED) is 0.457. The van der Waals surface area contributed by atoms with Crippen LogP contribution in [0.3, 0.4) is 0 Å². The number of nitrogens with zero attached hydrogens (tertiary/aromatic N) is 2. The van der Waals surface area contributed by atoms with E-state index in [1.807, 2.05) is 44.2 Å². The van der Waals surface area contributed by atoms with Gasteiger partial charge in [0.2, 0.25) is 0 Å². The molecule has 7 heteroatoms. The van der Waals surface area contributed by atoms with Gasteiger partial charge in [-0.15, -0.1) is 0 Å². The molecule has 0 radical (unpaired) electrons. The van der Waals surface area contributed by atoms with Gasteiger partial charge in [-0.2, -0.15) is 0 Å². The number of hydrogen-bond acceptors (Lipinski definition) is 6. The van der Waals surface area contributed by atoms with Gasteiger partial charge in [0.25, 0.3) is 0 Å². The van der Waals surface area contributed by atoms with E-state index in [4.69, 9.17) is 14.2 Å². The van der Waals surface area contributed by atoms with Crippen LogP contribution >= 0.6 is 0 Å². The molecule has 0 spiro atoms. The summed E-state index contributed by atoms with van der Waals surface area (Å²) in [5, 5.41) is 0. The number of rotatable bonds is 5. The highest BCUT2D eigenvalue weighted by molar-refractivity contribution is 6.04. The van der Waals surface area contributed by atoms with E-state index in [0.29, 0.717) is 22.6 Å². The van der Waals surface area contributed by atoms with Crippen molar-refractivity contribution in [2.75, 3.05) is 13.7 Å². The second-order valence-corrected chi connectivity index (χ2v) is 8.69. The summed E-state index contributed by atoms with van der Waals surface area (Å²) >= 11 is 0. The Hall–Kier alpha value is -3.61. The number of benzene rings is 1. The maximum atomic E-state index is 13.2. The fourth-order valence-corrected chi connectivity index (χ4v) is 3.62. The lowest BCUT2D eigenvalue weighted by molar-refractivity contribution is 0.0450. The number of pyridine rings is 1. The van der Waals surface area contributed by atoms with Gasteiger partial charge in [-0.3, -0.25) is 4.98 Å². The standard InChI is InChI=1S/C26H30N2O5/c1-8-32-24(29)23-22(20-14-16(2)12-13-27-20)19(15-28(23)25(30)33-26(4,5)6)18-10-9-11-21(31-7)17(18)3/h9-15H,8H2,1-7H3. The Morgan fingerprint density at radius 1 is 1.09 bits per heavy atom. The van der Waals surface area contributed by atoms with Crippen LogP contribution in [0.15, 0.2) is 42.7 Å². The molecule has 0 bridgehead atoms. The van der Waals surface area contributed by atoms with Crippen molar-refractivity contribution in [3.8, 4) is 28.1 Å². The summed E-state index contributed by atoms with van der Waals surface area (Å²) in [5.74, 6) is 0.0619. The Bertz CT molecular complexity index is 1190. The average molecular weight is 451 g/mol. The van der Waals surface area contributed by atoms with Crippen LogP contribution < -0.4 is 4.74 Å². The Morgan fingerprint density at radius 2 is 1.82 bits per heavy atom. The lowest BCUT2D eigenvalue weighted by Crippen LogP contribution is -2.29. The summed E-state index contributed by atoms with van der Waals surface area (Å²) in [6.45, 7) is 11.1. The first-order valence-electron chi connectivity index (χ1n) is 10.8. The lowest BCUT2D eigenvalue weighted by Gasteiger charge is -2.20. The zero-order valence-corrected chi connectivity index (χ0v) is 20.2. The Balaban J connectivity index is 2.40. The van der Waals surface area contributed by atoms with Gasteiger partial charge in [0, 0.05) is 23.5 Å². The van der Waals surface area contributed by atoms with Crippen LogP contribution in [0, 0.1) is 13.8 Å². The molecule has 3 rings (SSSR count). The molecule has 2 aromatic heterocycles. The minimum atomic E-state index is -0.749. The van der Waals surface area contributed by atoms with E-state index < -0.39 is 17.7 Å². The van der Waals surface area contributed by atoms with Crippen LogP contribution in [0.5, 0.6) is 5.75 Å². The normalized spacial score (nSPS) is 11.2. The molecule has 0 aliphatic heterocycles. The third-order valence-corrected chi connectivity index (χ3v) is 5.03. The molecule has 1 aromatic carbocycles. The third-order valence-electron chi connectivity index (χ3n) is 5.03. The fourth-order valence-electron chi connectivity index (χ4n) is 3.62. The zero-order chi connectivity index (χ0) is 24.3. The van der Waals surface area contributed by atoms with Crippen LogP contribution in [-0.2, 0) is 9.47 Å². The van der Waals surface area contributed by atoms with Crippen LogP contribution in [0.1, 0.15) is 49.3 Å². The summed E-state index contributed by atoms with van der Waals surface area (Å²) in [7, 11) is 1.60. The van der Waals surface area contributed by atoms with Gasteiger partial charge < -0.3 is 14.2 Å². The Morgan fingerprint density at radius 3 is 2.42 bits per heavy atom. The molecule has 7 nitrogen and oxygen atoms in total. The van der Waals surface area contributed by atoms with Crippen molar-refractivity contribution in [2.45, 2.75) is 47.1 Å². The summed E-state index contributed by atoms with van der Waals surface area (Å²) in [6, 6.07) is 9.39. The summed E-state index contributed by atoms with van der Waals surface area (Å²) < 4.78 is 17.7. The molecule has 0 atom stereocenters. The van der Waals surface area contributed by atoms with Crippen molar-refractivity contribution >= 4 is 12.1 Å². The van der Waals surface area contributed by atoms with Crippen LogP contribution in [-0.4, -0.2) is 40.9 Å². The maximum absolute atomic E-state index is 13.2. The number of ether oxygens (including phenoxy) is 3. The van der Waals surface area contributed by atoms with Crippen LogP contribution in [0.2, 0.25) is 0 Å². The predicted molar refractivity (Wildman–Crippen MR) is 127 cm³/mol. The largest absolute Gasteiger partial charge is 0.496 e. The molecule has 3 aromatic rings. The molecule has 0 saturated heterocycles. The van der Waals surface area contributed by atoms with Crippen molar-refractivity contribution in [1.29, 1.82) is 0 Å². The molecular formula is C26H30N2O5. The van der Waals surface area contributed by atoms with Crippen molar-refractivity contribution in [1.82, 2.24) is 9.55 Å². The van der Waals surface area contributed by atoms with Crippen molar-refractivity contribution < 1.29 is 23.8 Å². The number of aromatic nitrogens is 2. The van der Waals surface area contributed by atoms with E-state index in [1.165, 1.54) is 4.57 Å². The first kappa shape index (κ1) is 24.0. The number of aryl methyl sites for hydroxylation is 1. The van der Waals surface area contributed by atoms with E-state index in [2.05, 4.69) is 4.98 Å². The second-order valence-electron chi connectivity index (χ2n) is 8.69. The van der Waals surface area contributed by atoms with Gasteiger partial charge in [-0.25, -0.2) is 14.2 Å². The van der Waals surface area contributed by atoms with Crippen LogP contribution in [0.25, 0.3) is 22.4 Å². The van der Waals surface area contributed by atoms with E-state index >= 15 is 0 Å². The van der Waals surface area contributed by atoms with E-state index in [1.54, 1.807) is 47.2 Å². The molecule has 33 heavy (non-hydrogen) atoms. The number of carbonyl (C=O) groups excluding carboxylic acids is 2. The number of methoxy groups -OCH3 is 1. The lowest BCUT2D eigenvalue weighted by atomic mass is 9.95. The van der Waals surface area contributed by atoms with Crippen molar-refractivity contribution in [2.24, 2.45) is 0 Å². The molecule has 0 amide bonds. The van der Waals surface area contributed by atoms with Gasteiger partial charge in [0.1, 0.15) is 17.0 Å². The highest BCUT2D eigenvalue weighted by Gasteiger charge is 2.31. The SMILES string of the molecule is CCOC(=O)c1c(-c2cc(C)ccn2)c(-c2cccc(OC)c2C)cn1C(=O)OC(C)(C)C. The average Bonchev–Trinajstić information content (AvgIpc) is 3.13. The van der Waals surface area contributed by atoms with Gasteiger partial charge in [-0.05, 0) is 76.4 Å². The smallest absolute Gasteiger partial charge is 0.419 e. The molecule has 174 valence electrons. The van der Waals surface area contributed by atoms with Gasteiger partial charge in [0.15, 0.2) is 0 Å². The first-order chi connectivity index (χ1) is 15.6. The number of carbonyl (C=O) groups is 2. The summed E-state index contributed by atoms with van der Waals surface area (Å²) in [4.78, 5) is 30.9. The minimum absolute atomic E-state index is 0.0708. The minimum Gasteiger partial charge on any atom is -0.496 e. The topological polar surface area (TPSA) is 79.7 Å². The zero-order valence-electron chi connectivity index (χ0n) is 20.2. The fraction of sp³-hybridized carbons (Fsp3) is 0.346. The molecule has 0 N–H and O–H groups in total. The molecule has 0 aliphatic rings. The summed E-state index contributed by atoms with van der Waals surface area (Å²) in [5.41, 5.74) is 3.66. The molecule has 2 heterocycles. The Labute approximate surface area is 194 Å². The van der Waals surface area contributed by atoms with E-state index in [9.17, 15) is 9.59 Å². The van der Waals surface area contributed by atoms with E-state index in [-0.39, 0.29) is 12.3 Å². The Kier molecular flexibility index (Phi) is 6.91. The van der Waals surface area contributed by atoms with Crippen molar-refractivity contribution in [3.63, 3.8) is 0 Å². The molecule has 0 unspecified atom stereocenters. The second kappa shape index (κ2) is 9.48. The molecule has 0 fully saturated rings. The highest BCUT2D eigenvalue weighted by atomic mass is 16.6. The molecule has 0 saturated carbocycles. The monoisotopic (exact) mass is 450 g/mol. The summed E-state index contributed by atoms with van der Waals surface area (Å²) in [6.07, 6.45) is 2.61. The maximum Gasteiger partial charge on any atom is 0.419 e. The highest BCUT2D eigenvalue weighted by Crippen LogP contribution is 2.40. The van der Waals surface area contributed by atoms with Crippen molar-refractivity contribution in [3.05, 3.63) is 59.5 Å². The molecular weight excluding hydrogens is 420 g/mol. The third kappa shape index (κ3) is 5.08. The van der Waals surface area contributed by atoms with E-state index in [0.717, 1.165) is 16.7 Å².